The van der Waals surface area contributed by atoms with Gasteiger partial charge in [0.05, 0.1) is 11.7 Å². The molecule has 1 saturated heterocycles. The Balaban J connectivity index is 1.49. The van der Waals surface area contributed by atoms with Gasteiger partial charge in [-0.05, 0) is 37.8 Å². The summed E-state index contributed by atoms with van der Waals surface area (Å²) in [6.45, 7) is 6.71. The minimum atomic E-state index is 1.00. The van der Waals surface area contributed by atoms with Crippen LogP contribution in [0.1, 0.15) is 31.4 Å². The first-order valence-corrected chi connectivity index (χ1v) is 7.61. The summed E-state index contributed by atoms with van der Waals surface area (Å²) in [5.74, 6) is 0. The van der Waals surface area contributed by atoms with Gasteiger partial charge < -0.3 is 14.4 Å². The molecule has 100 valence electrons. The van der Waals surface area contributed by atoms with E-state index in [0.29, 0.717) is 0 Å². The van der Waals surface area contributed by atoms with Crippen LogP contribution < -0.4 is 9.80 Å². The average molecular weight is 249 g/mol. The van der Waals surface area contributed by atoms with Gasteiger partial charge in [-0.15, -0.1) is 0 Å². The predicted octanol–water partition coefficient (Wildman–Crippen LogP) is -0.749. The second-order valence-corrected chi connectivity index (χ2v) is 6.18. The Morgan fingerprint density at radius 3 is 2.50 bits per heavy atom. The van der Waals surface area contributed by atoms with Crippen molar-refractivity contribution in [1.29, 1.82) is 0 Å². The Labute approximate surface area is 110 Å². The molecule has 18 heavy (non-hydrogen) atoms. The van der Waals surface area contributed by atoms with Crippen LogP contribution in [-0.2, 0) is 13.6 Å². The molecule has 2 fully saturated rings. The maximum Gasteiger partial charge on any atom is 0.127 e. The standard InChI is InChI=1S/C15H25N3/c1-16-8-4-7-15(16)13-17-9-11-18(12-10-17)14-5-2-3-6-14/h4,7-8,14H,2-3,5-6,9-13H2,1H3/p+2. The van der Waals surface area contributed by atoms with E-state index in [1.165, 1.54) is 64.1 Å². The highest BCUT2D eigenvalue weighted by Crippen LogP contribution is 2.15. The number of aryl methyl sites for hydroxylation is 1. The topological polar surface area (TPSA) is 13.8 Å². The normalized spacial score (nSPS) is 29.8. The summed E-state index contributed by atoms with van der Waals surface area (Å²) >= 11 is 0. The van der Waals surface area contributed by atoms with E-state index in [2.05, 4.69) is 29.9 Å². The Bertz CT molecular complexity index is 371. The first kappa shape index (κ1) is 12.2. The van der Waals surface area contributed by atoms with Crippen LogP contribution in [-0.4, -0.2) is 36.8 Å². The molecule has 2 N–H and O–H groups in total. The lowest BCUT2D eigenvalue weighted by Gasteiger charge is -2.33. The van der Waals surface area contributed by atoms with Crippen molar-refractivity contribution < 1.29 is 9.80 Å². The van der Waals surface area contributed by atoms with E-state index in [9.17, 15) is 0 Å². The first-order chi connectivity index (χ1) is 8.83. The van der Waals surface area contributed by atoms with Gasteiger partial charge in [0.2, 0.25) is 0 Å². The third-order valence-corrected chi connectivity index (χ3v) is 5.01. The van der Waals surface area contributed by atoms with E-state index in [-0.39, 0.29) is 0 Å². The largest absolute Gasteiger partial charge is 0.350 e. The molecule has 0 amide bonds. The second kappa shape index (κ2) is 5.45. The number of nitrogens with zero attached hydrogens (tertiary/aromatic N) is 1. The summed E-state index contributed by atoms with van der Waals surface area (Å²) in [5.41, 5.74) is 1.48. The molecule has 2 heterocycles. The maximum atomic E-state index is 2.27. The van der Waals surface area contributed by atoms with Crippen LogP contribution in [0.3, 0.4) is 0 Å². The molecule has 1 aromatic rings. The van der Waals surface area contributed by atoms with E-state index in [4.69, 9.17) is 0 Å². The number of piperazine rings is 1. The van der Waals surface area contributed by atoms with Crippen molar-refractivity contribution in [3.05, 3.63) is 24.0 Å². The number of aromatic nitrogens is 1. The van der Waals surface area contributed by atoms with E-state index in [0.717, 1.165) is 6.04 Å². The van der Waals surface area contributed by atoms with Crippen LogP contribution in [0.2, 0.25) is 0 Å². The smallest absolute Gasteiger partial charge is 0.127 e. The maximum absolute atomic E-state index is 2.27. The molecule has 3 rings (SSSR count). The van der Waals surface area contributed by atoms with Crippen LogP contribution in [0, 0.1) is 0 Å². The zero-order chi connectivity index (χ0) is 12.4. The lowest BCUT2D eigenvalue weighted by atomic mass is 10.2. The van der Waals surface area contributed by atoms with Gasteiger partial charge in [-0.3, -0.25) is 0 Å². The third kappa shape index (κ3) is 2.62. The number of quaternary nitrogens is 2. The fraction of sp³-hybridized carbons (Fsp3) is 0.733. The Morgan fingerprint density at radius 1 is 1.17 bits per heavy atom. The summed E-state index contributed by atoms with van der Waals surface area (Å²) in [6, 6.07) is 5.43. The predicted molar refractivity (Wildman–Crippen MR) is 72.8 cm³/mol. The molecule has 3 heteroatoms. The first-order valence-electron chi connectivity index (χ1n) is 7.61. The lowest BCUT2D eigenvalue weighted by Crippen LogP contribution is -3.29. The van der Waals surface area contributed by atoms with Crippen LogP contribution in [0.15, 0.2) is 18.3 Å². The summed E-state index contributed by atoms with van der Waals surface area (Å²) in [5, 5.41) is 0. The van der Waals surface area contributed by atoms with Gasteiger partial charge in [-0.1, -0.05) is 0 Å². The molecule has 0 radical (unpaired) electrons. The molecule has 0 bridgehead atoms. The Kier molecular flexibility index (Phi) is 3.71. The molecule has 1 aliphatic heterocycles. The van der Waals surface area contributed by atoms with Crippen molar-refractivity contribution in [2.45, 2.75) is 38.3 Å². The van der Waals surface area contributed by atoms with Crippen LogP contribution in [0.25, 0.3) is 0 Å². The van der Waals surface area contributed by atoms with Crippen LogP contribution in [0.4, 0.5) is 0 Å². The van der Waals surface area contributed by atoms with Crippen molar-refractivity contribution >= 4 is 0 Å². The molecular weight excluding hydrogens is 222 g/mol. The fourth-order valence-electron chi connectivity index (χ4n) is 3.78. The summed E-state index contributed by atoms with van der Waals surface area (Å²) in [7, 11) is 2.16. The van der Waals surface area contributed by atoms with E-state index >= 15 is 0 Å². The molecule has 0 aromatic carbocycles. The number of hydrogen-bond donors (Lipinski definition) is 2. The minimum Gasteiger partial charge on any atom is -0.350 e. The SMILES string of the molecule is Cn1cccc1C[NH+]1CC[NH+](C2CCCC2)CC1. The molecule has 0 unspecified atom stereocenters. The van der Waals surface area contributed by atoms with Crippen LogP contribution >= 0.6 is 0 Å². The molecular formula is C15H27N3+2. The number of hydrogen-bond acceptors (Lipinski definition) is 0. The third-order valence-electron chi connectivity index (χ3n) is 5.01. The highest BCUT2D eigenvalue weighted by molar-refractivity contribution is 5.04. The molecule has 1 aliphatic carbocycles. The van der Waals surface area contributed by atoms with Crippen molar-refractivity contribution in [3.63, 3.8) is 0 Å². The van der Waals surface area contributed by atoms with Crippen molar-refractivity contribution in [3.8, 4) is 0 Å². The molecule has 3 nitrogen and oxygen atoms in total. The minimum absolute atomic E-state index is 1.00. The van der Waals surface area contributed by atoms with Gasteiger partial charge in [0.25, 0.3) is 0 Å². The Hall–Kier alpha value is -0.800. The lowest BCUT2D eigenvalue weighted by molar-refractivity contribution is -1.03. The zero-order valence-corrected chi connectivity index (χ0v) is 11.6. The van der Waals surface area contributed by atoms with Crippen molar-refractivity contribution in [1.82, 2.24) is 4.57 Å². The molecule has 1 saturated carbocycles. The molecule has 2 aliphatic rings. The number of rotatable bonds is 3. The fourth-order valence-corrected chi connectivity index (χ4v) is 3.78. The molecule has 0 spiro atoms. The van der Waals surface area contributed by atoms with Gasteiger partial charge in [0.1, 0.15) is 32.7 Å². The Morgan fingerprint density at radius 2 is 1.89 bits per heavy atom. The van der Waals surface area contributed by atoms with Gasteiger partial charge >= 0.3 is 0 Å². The summed E-state index contributed by atoms with van der Waals surface area (Å²) < 4.78 is 2.27. The zero-order valence-electron chi connectivity index (χ0n) is 11.6. The monoisotopic (exact) mass is 249 g/mol. The quantitative estimate of drug-likeness (QED) is 0.700. The van der Waals surface area contributed by atoms with E-state index in [1.807, 2.05) is 4.90 Å². The van der Waals surface area contributed by atoms with Gasteiger partial charge in [0.15, 0.2) is 0 Å². The summed E-state index contributed by atoms with van der Waals surface area (Å²) in [6.07, 6.45) is 8.10. The highest BCUT2D eigenvalue weighted by atomic mass is 15.3. The van der Waals surface area contributed by atoms with E-state index < -0.39 is 0 Å². The number of nitrogens with one attached hydrogen (secondary N) is 2. The van der Waals surface area contributed by atoms with Gasteiger partial charge in [-0.25, -0.2) is 0 Å². The second-order valence-electron chi connectivity index (χ2n) is 6.18. The van der Waals surface area contributed by atoms with Crippen molar-refractivity contribution in [2.24, 2.45) is 7.05 Å². The van der Waals surface area contributed by atoms with Crippen molar-refractivity contribution in [2.75, 3.05) is 26.2 Å². The van der Waals surface area contributed by atoms with Crippen LogP contribution in [0.5, 0.6) is 0 Å². The molecule has 0 atom stereocenters. The van der Waals surface area contributed by atoms with Gasteiger partial charge in [0, 0.05) is 13.2 Å². The highest BCUT2D eigenvalue weighted by Gasteiger charge is 2.31. The average Bonchev–Trinajstić information content (AvgIpc) is 3.03. The molecule has 1 aromatic heterocycles. The van der Waals surface area contributed by atoms with E-state index in [1.54, 1.807) is 4.90 Å². The van der Waals surface area contributed by atoms with Gasteiger partial charge in [-0.2, -0.15) is 0 Å². The summed E-state index contributed by atoms with van der Waals surface area (Å²) in [4.78, 5) is 3.68.